The van der Waals surface area contributed by atoms with Gasteiger partial charge in [0.1, 0.15) is 0 Å². The highest BCUT2D eigenvalue weighted by molar-refractivity contribution is 5.75. The molecule has 138 valence electrons. The lowest BCUT2D eigenvalue weighted by Crippen LogP contribution is -2.40. The Bertz CT molecular complexity index is 689. The molecule has 0 heterocycles. The van der Waals surface area contributed by atoms with E-state index in [1.165, 1.54) is 10.5 Å². The molecule has 0 aliphatic carbocycles. The van der Waals surface area contributed by atoms with E-state index in [1.807, 2.05) is 48.5 Å². The minimum absolute atomic E-state index is 0.0616. The summed E-state index contributed by atoms with van der Waals surface area (Å²) < 4.78 is 0. The van der Waals surface area contributed by atoms with Crippen molar-refractivity contribution in [1.29, 1.82) is 0 Å². The number of carbonyl (C=O) groups excluding carboxylic acids is 1. The summed E-state index contributed by atoms with van der Waals surface area (Å²) in [5, 5.41) is 11.8. The summed E-state index contributed by atoms with van der Waals surface area (Å²) in [6.45, 7) is 0.187. The van der Waals surface area contributed by atoms with E-state index in [-0.39, 0.29) is 25.0 Å². The topological polar surface area (TPSA) is 69.6 Å². The molecule has 2 aromatic rings. The van der Waals surface area contributed by atoms with Crippen LogP contribution in [0.25, 0.3) is 0 Å². The highest BCUT2D eigenvalue weighted by atomic mass is 16.4. The van der Waals surface area contributed by atoms with Crippen LogP contribution >= 0.6 is 0 Å². The number of carbonyl (C=O) groups is 2. The molecule has 0 spiro atoms. The molecule has 0 aliphatic heterocycles. The summed E-state index contributed by atoms with van der Waals surface area (Å²) in [6.07, 6.45) is 2.66. The molecule has 0 aliphatic rings. The molecule has 2 aromatic carbocycles. The number of benzene rings is 2. The summed E-state index contributed by atoms with van der Waals surface area (Å²) in [5.41, 5.74) is 2.34. The van der Waals surface area contributed by atoms with Gasteiger partial charge in [0.05, 0.1) is 12.5 Å². The molecule has 2 rings (SSSR count). The molecule has 0 saturated heterocycles. The second kappa shape index (κ2) is 10.2. The monoisotopic (exact) mass is 354 g/mol. The Kier molecular flexibility index (Phi) is 7.68. The first-order chi connectivity index (χ1) is 12.6. The highest BCUT2D eigenvalue weighted by Crippen LogP contribution is 2.20. The van der Waals surface area contributed by atoms with Crippen LogP contribution in [0.2, 0.25) is 0 Å². The number of carboxylic acids is 1. The fraction of sp³-hybridized carbons (Fsp3) is 0.333. The fourth-order valence-electron chi connectivity index (χ4n) is 2.79. The van der Waals surface area contributed by atoms with Crippen LogP contribution in [-0.2, 0) is 11.2 Å². The molecule has 5 nitrogen and oxygen atoms in total. The maximum Gasteiger partial charge on any atom is 0.317 e. The molecule has 26 heavy (non-hydrogen) atoms. The van der Waals surface area contributed by atoms with Crippen LogP contribution < -0.4 is 5.32 Å². The van der Waals surface area contributed by atoms with Crippen LogP contribution in [-0.4, -0.2) is 35.6 Å². The summed E-state index contributed by atoms with van der Waals surface area (Å²) >= 11 is 0. The predicted octanol–water partition coefficient (Wildman–Crippen LogP) is 3.87. The fourth-order valence-corrected chi connectivity index (χ4v) is 2.79. The Morgan fingerprint density at radius 3 is 2.27 bits per heavy atom. The molecule has 0 radical (unpaired) electrons. The van der Waals surface area contributed by atoms with Crippen molar-refractivity contribution in [1.82, 2.24) is 10.2 Å². The average molecular weight is 354 g/mol. The van der Waals surface area contributed by atoms with E-state index in [0.717, 1.165) is 24.8 Å². The van der Waals surface area contributed by atoms with Gasteiger partial charge in [-0.3, -0.25) is 4.79 Å². The van der Waals surface area contributed by atoms with Crippen molar-refractivity contribution in [2.75, 3.05) is 13.6 Å². The van der Waals surface area contributed by atoms with E-state index in [4.69, 9.17) is 5.11 Å². The van der Waals surface area contributed by atoms with Gasteiger partial charge in [0.25, 0.3) is 0 Å². The smallest absolute Gasteiger partial charge is 0.317 e. The van der Waals surface area contributed by atoms with Gasteiger partial charge in [0, 0.05) is 13.6 Å². The lowest BCUT2D eigenvalue weighted by atomic mass is 9.99. The Morgan fingerprint density at radius 1 is 1.04 bits per heavy atom. The van der Waals surface area contributed by atoms with Gasteiger partial charge in [0.15, 0.2) is 0 Å². The van der Waals surface area contributed by atoms with E-state index >= 15 is 0 Å². The van der Waals surface area contributed by atoms with Gasteiger partial charge >= 0.3 is 12.0 Å². The maximum atomic E-state index is 12.4. The van der Waals surface area contributed by atoms with Gasteiger partial charge in [0.2, 0.25) is 0 Å². The van der Waals surface area contributed by atoms with Gasteiger partial charge in [-0.1, -0.05) is 60.7 Å². The number of hydrogen-bond donors (Lipinski definition) is 2. The van der Waals surface area contributed by atoms with Crippen LogP contribution in [0.3, 0.4) is 0 Å². The van der Waals surface area contributed by atoms with Crippen molar-refractivity contribution < 1.29 is 14.7 Å². The summed E-state index contributed by atoms with van der Waals surface area (Å²) in [5.74, 6) is -0.910. The summed E-state index contributed by atoms with van der Waals surface area (Å²) in [6, 6.07) is 19.8. The average Bonchev–Trinajstić information content (AvgIpc) is 2.66. The first-order valence-corrected chi connectivity index (χ1v) is 8.88. The van der Waals surface area contributed by atoms with Crippen molar-refractivity contribution in [2.24, 2.45) is 0 Å². The molecule has 1 atom stereocenters. The zero-order valence-corrected chi connectivity index (χ0v) is 15.1. The number of nitrogens with one attached hydrogen (secondary N) is 1. The normalized spacial score (nSPS) is 11.6. The third kappa shape index (κ3) is 6.59. The zero-order chi connectivity index (χ0) is 18.8. The third-order valence-electron chi connectivity index (χ3n) is 4.31. The number of aliphatic carboxylic acids is 1. The van der Waals surface area contributed by atoms with Crippen LogP contribution in [0.4, 0.5) is 4.79 Å². The van der Waals surface area contributed by atoms with Gasteiger partial charge in [-0.05, 0) is 30.4 Å². The number of carboxylic acid groups (broad SMARTS) is 1. The summed E-state index contributed by atoms with van der Waals surface area (Å²) in [7, 11) is 1.62. The number of nitrogens with zero attached hydrogens (tertiary/aromatic N) is 1. The van der Waals surface area contributed by atoms with Crippen LogP contribution in [0, 0.1) is 0 Å². The molecule has 2 amide bonds. The molecule has 2 N–H and O–H groups in total. The van der Waals surface area contributed by atoms with Gasteiger partial charge in [-0.15, -0.1) is 0 Å². The molecule has 0 bridgehead atoms. The molecular weight excluding hydrogens is 328 g/mol. The van der Waals surface area contributed by atoms with Gasteiger partial charge < -0.3 is 15.3 Å². The van der Waals surface area contributed by atoms with Crippen LogP contribution in [0.15, 0.2) is 60.7 Å². The van der Waals surface area contributed by atoms with Crippen molar-refractivity contribution in [3.8, 4) is 0 Å². The van der Waals surface area contributed by atoms with Gasteiger partial charge in [-0.2, -0.15) is 0 Å². The van der Waals surface area contributed by atoms with Crippen molar-refractivity contribution in [3.63, 3.8) is 0 Å². The zero-order valence-electron chi connectivity index (χ0n) is 15.1. The van der Waals surface area contributed by atoms with Crippen LogP contribution in [0.1, 0.15) is 36.4 Å². The lowest BCUT2D eigenvalue weighted by Gasteiger charge is -2.24. The second-order valence-corrected chi connectivity index (χ2v) is 6.36. The summed E-state index contributed by atoms with van der Waals surface area (Å²) in [4.78, 5) is 24.5. The SMILES string of the molecule is CN(CCC(=O)O)C(=O)NC(CCCc1ccccc1)c1ccccc1. The quantitative estimate of drug-likeness (QED) is 0.718. The van der Waals surface area contributed by atoms with Crippen molar-refractivity contribution >= 4 is 12.0 Å². The molecule has 1 unspecified atom stereocenters. The second-order valence-electron chi connectivity index (χ2n) is 6.36. The van der Waals surface area contributed by atoms with E-state index in [1.54, 1.807) is 7.05 Å². The van der Waals surface area contributed by atoms with Gasteiger partial charge in [-0.25, -0.2) is 4.79 Å². The standard InChI is InChI=1S/C21H26N2O3/c1-23(16-15-20(24)25)21(26)22-19(18-12-6-3-7-13-18)14-8-11-17-9-4-2-5-10-17/h2-7,9-10,12-13,19H,8,11,14-16H2,1H3,(H,22,26)(H,24,25). The first kappa shape index (κ1) is 19.5. The Balaban J connectivity index is 1.95. The van der Waals surface area contributed by atoms with E-state index in [9.17, 15) is 9.59 Å². The molecule has 0 aromatic heterocycles. The Morgan fingerprint density at radius 2 is 1.65 bits per heavy atom. The number of hydrogen-bond acceptors (Lipinski definition) is 2. The largest absolute Gasteiger partial charge is 0.481 e. The number of urea groups is 1. The lowest BCUT2D eigenvalue weighted by molar-refractivity contribution is -0.137. The predicted molar refractivity (Wildman–Crippen MR) is 102 cm³/mol. The van der Waals surface area contributed by atoms with Crippen molar-refractivity contribution in [2.45, 2.75) is 31.7 Å². The molecule has 0 saturated carbocycles. The van der Waals surface area contributed by atoms with E-state index in [2.05, 4.69) is 17.4 Å². The minimum atomic E-state index is -0.910. The van der Waals surface area contributed by atoms with Crippen LogP contribution in [0.5, 0.6) is 0 Å². The Hall–Kier alpha value is -2.82. The first-order valence-electron chi connectivity index (χ1n) is 8.88. The highest BCUT2D eigenvalue weighted by Gasteiger charge is 2.17. The number of aryl methyl sites for hydroxylation is 1. The number of rotatable bonds is 9. The minimum Gasteiger partial charge on any atom is -0.481 e. The maximum absolute atomic E-state index is 12.4. The number of amides is 2. The van der Waals surface area contributed by atoms with E-state index in [0.29, 0.717) is 0 Å². The Labute approximate surface area is 154 Å². The molecule has 5 heteroatoms. The van der Waals surface area contributed by atoms with E-state index < -0.39 is 5.97 Å². The molecule has 0 fully saturated rings. The molecular formula is C21H26N2O3. The third-order valence-corrected chi connectivity index (χ3v) is 4.31. The van der Waals surface area contributed by atoms with Crippen molar-refractivity contribution in [3.05, 3.63) is 71.8 Å².